The number of amidine groups is 1. The lowest BCUT2D eigenvalue weighted by Gasteiger charge is -2.14. The van der Waals surface area contributed by atoms with E-state index in [1.165, 1.54) is 0 Å². The molecule has 6 nitrogen and oxygen atoms in total. The van der Waals surface area contributed by atoms with Gasteiger partial charge in [-0.05, 0) is 35.0 Å². The first-order chi connectivity index (χ1) is 13.6. The van der Waals surface area contributed by atoms with Crippen molar-refractivity contribution in [2.24, 2.45) is 5.73 Å². The summed E-state index contributed by atoms with van der Waals surface area (Å²) in [6.45, 7) is 0.583. The summed E-state index contributed by atoms with van der Waals surface area (Å²) < 4.78 is 5.96. The molecule has 0 bridgehead atoms. The van der Waals surface area contributed by atoms with E-state index in [1.54, 1.807) is 18.2 Å². The first kappa shape index (κ1) is 18.0. The van der Waals surface area contributed by atoms with Crippen molar-refractivity contribution in [2.45, 2.75) is 18.6 Å². The van der Waals surface area contributed by atoms with Gasteiger partial charge in [0.25, 0.3) is 0 Å². The predicted molar refractivity (Wildman–Crippen MR) is 111 cm³/mol. The molecule has 4 rings (SSSR count). The van der Waals surface area contributed by atoms with Crippen molar-refractivity contribution in [1.29, 1.82) is 5.41 Å². The van der Waals surface area contributed by atoms with Crippen LogP contribution in [0.25, 0.3) is 10.8 Å². The summed E-state index contributed by atoms with van der Waals surface area (Å²) >= 11 is 0. The molecule has 1 heterocycles. The first-order valence-corrected chi connectivity index (χ1v) is 9.23. The van der Waals surface area contributed by atoms with Crippen LogP contribution in [-0.2, 0) is 4.79 Å². The number of hydrogen-bond acceptors (Lipinski definition) is 4. The van der Waals surface area contributed by atoms with Gasteiger partial charge in [-0.25, -0.2) is 0 Å². The van der Waals surface area contributed by atoms with Gasteiger partial charge in [-0.1, -0.05) is 42.5 Å². The van der Waals surface area contributed by atoms with Crippen molar-refractivity contribution < 1.29 is 9.53 Å². The number of amides is 1. The molecule has 0 aliphatic carbocycles. The Morgan fingerprint density at radius 2 is 1.89 bits per heavy atom. The maximum Gasteiger partial charge on any atom is 0.241 e. The summed E-state index contributed by atoms with van der Waals surface area (Å²) in [7, 11) is 0. The molecule has 1 saturated heterocycles. The summed E-state index contributed by atoms with van der Waals surface area (Å²) in [5.74, 6) is 0.580. The Morgan fingerprint density at radius 3 is 2.71 bits per heavy atom. The third kappa shape index (κ3) is 3.97. The van der Waals surface area contributed by atoms with E-state index in [1.807, 2.05) is 48.5 Å². The molecule has 142 valence electrons. The summed E-state index contributed by atoms with van der Waals surface area (Å²) in [6, 6.07) is 20.8. The Balaban J connectivity index is 1.37. The molecule has 2 unspecified atom stereocenters. The topological polar surface area (TPSA) is 100 Å². The van der Waals surface area contributed by atoms with Crippen molar-refractivity contribution in [3.63, 3.8) is 0 Å². The van der Waals surface area contributed by atoms with E-state index < -0.39 is 0 Å². The van der Waals surface area contributed by atoms with E-state index >= 15 is 0 Å². The minimum Gasteiger partial charge on any atom is -0.489 e. The fourth-order valence-corrected chi connectivity index (χ4v) is 3.42. The van der Waals surface area contributed by atoms with Gasteiger partial charge in [-0.3, -0.25) is 10.2 Å². The Morgan fingerprint density at radius 1 is 1.07 bits per heavy atom. The number of nitrogens with one attached hydrogen (secondary N) is 3. The predicted octanol–water partition coefficient (Wildman–Crippen LogP) is 2.87. The highest BCUT2D eigenvalue weighted by Gasteiger charge is 2.30. The van der Waals surface area contributed by atoms with E-state index in [4.69, 9.17) is 15.9 Å². The molecule has 0 spiro atoms. The third-order valence-corrected chi connectivity index (χ3v) is 4.87. The van der Waals surface area contributed by atoms with Gasteiger partial charge in [0.1, 0.15) is 17.7 Å². The monoisotopic (exact) mass is 374 g/mol. The SMILES string of the molecule is N=C(N)c1cccc(OC2CNC(C(=O)Nc3ccc4ccccc4c3)C2)c1. The van der Waals surface area contributed by atoms with Crippen molar-refractivity contribution in [3.8, 4) is 5.75 Å². The lowest BCUT2D eigenvalue weighted by Crippen LogP contribution is -2.35. The van der Waals surface area contributed by atoms with E-state index in [9.17, 15) is 4.79 Å². The zero-order valence-electron chi connectivity index (χ0n) is 15.3. The minimum absolute atomic E-state index is 0.00244. The largest absolute Gasteiger partial charge is 0.489 e. The molecule has 0 radical (unpaired) electrons. The van der Waals surface area contributed by atoms with Crippen LogP contribution in [-0.4, -0.2) is 30.4 Å². The number of benzene rings is 3. The molecule has 1 fully saturated rings. The van der Waals surface area contributed by atoms with Crippen LogP contribution in [0.4, 0.5) is 5.69 Å². The third-order valence-electron chi connectivity index (χ3n) is 4.87. The number of ether oxygens (including phenoxy) is 1. The zero-order chi connectivity index (χ0) is 19.5. The van der Waals surface area contributed by atoms with Crippen LogP contribution in [0.2, 0.25) is 0 Å². The molecular weight excluding hydrogens is 352 g/mol. The second-order valence-corrected chi connectivity index (χ2v) is 6.93. The number of hydrogen-bond donors (Lipinski definition) is 4. The molecule has 3 aromatic carbocycles. The average molecular weight is 374 g/mol. The van der Waals surface area contributed by atoms with Crippen molar-refractivity contribution in [2.75, 3.05) is 11.9 Å². The first-order valence-electron chi connectivity index (χ1n) is 9.23. The number of rotatable bonds is 5. The van der Waals surface area contributed by atoms with Gasteiger partial charge in [0.2, 0.25) is 5.91 Å². The minimum atomic E-state index is -0.313. The second kappa shape index (κ2) is 7.70. The molecule has 1 amide bonds. The molecule has 0 saturated carbocycles. The Kier molecular flexibility index (Phi) is 4.95. The molecule has 5 N–H and O–H groups in total. The number of carbonyl (C=O) groups is 1. The van der Waals surface area contributed by atoms with Crippen LogP contribution in [0.15, 0.2) is 66.7 Å². The van der Waals surface area contributed by atoms with Gasteiger partial charge < -0.3 is 21.1 Å². The van der Waals surface area contributed by atoms with Crippen molar-refractivity contribution in [3.05, 3.63) is 72.3 Å². The van der Waals surface area contributed by atoms with Gasteiger partial charge in [0, 0.05) is 24.2 Å². The quantitative estimate of drug-likeness (QED) is 0.407. The molecular formula is C22H22N4O2. The van der Waals surface area contributed by atoms with Gasteiger partial charge >= 0.3 is 0 Å². The van der Waals surface area contributed by atoms with Crippen LogP contribution < -0.4 is 21.1 Å². The van der Waals surface area contributed by atoms with Gasteiger partial charge in [-0.15, -0.1) is 0 Å². The van der Waals surface area contributed by atoms with Crippen molar-refractivity contribution >= 4 is 28.2 Å². The molecule has 3 aromatic rings. The fourth-order valence-electron chi connectivity index (χ4n) is 3.42. The second-order valence-electron chi connectivity index (χ2n) is 6.93. The highest BCUT2D eigenvalue weighted by atomic mass is 16.5. The molecule has 6 heteroatoms. The number of anilines is 1. The molecule has 1 aliphatic heterocycles. The van der Waals surface area contributed by atoms with Crippen LogP contribution in [0.1, 0.15) is 12.0 Å². The van der Waals surface area contributed by atoms with E-state index in [2.05, 4.69) is 10.6 Å². The standard InChI is InChI=1S/C22H22N4O2/c23-21(24)16-6-3-7-18(11-16)28-19-12-20(25-13-19)22(27)26-17-9-8-14-4-1-2-5-15(14)10-17/h1-11,19-20,25H,12-13H2,(H3,23,24)(H,26,27). The highest BCUT2D eigenvalue weighted by Crippen LogP contribution is 2.21. The zero-order valence-corrected chi connectivity index (χ0v) is 15.3. The lowest BCUT2D eigenvalue weighted by atomic mass is 10.1. The molecule has 0 aromatic heterocycles. The normalized spacial score (nSPS) is 18.7. The number of nitrogens with two attached hydrogens (primary N) is 1. The molecule has 1 aliphatic rings. The number of fused-ring (bicyclic) bond motifs is 1. The smallest absolute Gasteiger partial charge is 0.241 e. The van der Waals surface area contributed by atoms with E-state index in [-0.39, 0.29) is 23.9 Å². The summed E-state index contributed by atoms with van der Waals surface area (Å²) in [5.41, 5.74) is 6.92. The Labute approximate surface area is 163 Å². The maximum atomic E-state index is 12.6. The maximum absolute atomic E-state index is 12.6. The van der Waals surface area contributed by atoms with Crippen LogP contribution in [0.3, 0.4) is 0 Å². The van der Waals surface area contributed by atoms with Gasteiger partial charge in [0.15, 0.2) is 0 Å². The van der Waals surface area contributed by atoms with Crippen LogP contribution in [0, 0.1) is 5.41 Å². The lowest BCUT2D eigenvalue weighted by molar-refractivity contribution is -0.117. The Hall–Kier alpha value is -3.38. The van der Waals surface area contributed by atoms with Crippen LogP contribution >= 0.6 is 0 Å². The molecule has 28 heavy (non-hydrogen) atoms. The van der Waals surface area contributed by atoms with Gasteiger partial charge in [0.05, 0.1) is 6.04 Å². The van der Waals surface area contributed by atoms with Gasteiger partial charge in [-0.2, -0.15) is 0 Å². The summed E-state index contributed by atoms with van der Waals surface area (Å²) in [6.07, 6.45) is 0.457. The number of carbonyl (C=O) groups excluding carboxylic acids is 1. The summed E-state index contributed by atoms with van der Waals surface area (Å²) in [5, 5.41) is 15.9. The van der Waals surface area contributed by atoms with Crippen molar-refractivity contribution in [1.82, 2.24) is 5.32 Å². The Bertz CT molecular complexity index is 1030. The van der Waals surface area contributed by atoms with E-state index in [0.29, 0.717) is 24.3 Å². The van der Waals surface area contributed by atoms with Crippen LogP contribution in [0.5, 0.6) is 5.75 Å². The summed E-state index contributed by atoms with van der Waals surface area (Å²) in [4.78, 5) is 12.6. The highest BCUT2D eigenvalue weighted by molar-refractivity contribution is 5.97. The fraction of sp³-hybridized carbons (Fsp3) is 0.182. The van der Waals surface area contributed by atoms with E-state index in [0.717, 1.165) is 16.5 Å². The number of nitrogen functional groups attached to an aromatic ring is 1. The molecule has 2 atom stereocenters. The average Bonchev–Trinajstić information content (AvgIpc) is 3.17.